The molecule has 0 radical (unpaired) electrons. The van der Waals surface area contributed by atoms with Crippen LogP contribution in [0.3, 0.4) is 0 Å². The maximum atomic E-state index is 12.1. The molecule has 2 rings (SSSR count). The molecule has 0 saturated carbocycles. The van der Waals surface area contributed by atoms with Crippen molar-refractivity contribution in [2.45, 2.75) is 20.4 Å². The van der Waals surface area contributed by atoms with Gasteiger partial charge in [0.05, 0.1) is 22.4 Å². The lowest BCUT2D eigenvalue weighted by Crippen LogP contribution is -2.23. The lowest BCUT2D eigenvalue weighted by molar-refractivity contribution is 0.646. The SMILES string of the molecule is Cc1nn(C)c(Cn2cc(Br)cc(C)c2=O)c1Br. The number of aromatic nitrogens is 3. The smallest absolute Gasteiger partial charge is 0.253 e. The molecule has 0 amide bonds. The van der Waals surface area contributed by atoms with Crippen molar-refractivity contribution in [1.82, 2.24) is 14.3 Å². The Kier molecular flexibility index (Phi) is 3.77. The van der Waals surface area contributed by atoms with Crippen LogP contribution in [0.2, 0.25) is 0 Å². The minimum Gasteiger partial charge on any atom is -0.308 e. The monoisotopic (exact) mass is 373 g/mol. The van der Waals surface area contributed by atoms with Gasteiger partial charge in [0.1, 0.15) is 0 Å². The highest BCUT2D eigenvalue weighted by Crippen LogP contribution is 2.21. The van der Waals surface area contributed by atoms with Crippen LogP contribution in [0, 0.1) is 13.8 Å². The van der Waals surface area contributed by atoms with Crippen molar-refractivity contribution in [3.8, 4) is 0 Å². The molecule has 0 saturated heterocycles. The molecule has 0 N–H and O–H groups in total. The van der Waals surface area contributed by atoms with Crippen LogP contribution in [0.25, 0.3) is 0 Å². The van der Waals surface area contributed by atoms with E-state index >= 15 is 0 Å². The van der Waals surface area contributed by atoms with E-state index in [1.54, 1.807) is 15.4 Å². The van der Waals surface area contributed by atoms with Gasteiger partial charge in [0, 0.05) is 23.3 Å². The van der Waals surface area contributed by atoms with Crippen molar-refractivity contribution in [1.29, 1.82) is 0 Å². The Morgan fingerprint density at radius 2 is 2.00 bits per heavy atom. The molecule has 0 unspecified atom stereocenters. The topological polar surface area (TPSA) is 39.8 Å². The summed E-state index contributed by atoms with van der Waals surface area (Å²) in [7, 11) is 1.88. The zero-order valence-electron chi connectivity index (χ0n) is 10.4. The minimum atomic E-state index is 0.0175. The summed E-state index contributed by atoms with van der Waals surface area (Å²) in [5.74, 6) is 0. The van der Waals surface area contributed by atoms with Gasteiger partial charge in [-0.3, -0.25) is 9.48 Å². The lowest BCUT2D eigenvalue weighted by atomic mass is 10.3. The lowest BCUT2D eigenvalue weighted by Gasteiger charge is -2.08. The average molecular weight is 375 g/mol. The van der Waals surface area contributed by atoms with Gasteiger partial charge in [0.2, 0.25) is 0 Å². The molecular formula is C12H13Br2N3O. The van der Waals surface area contributed by atoms with Crippen molar-refractivity contribution in [2.24, 2.45) is 7.05 Å². The third-order valence-electron chi connectivity index (χ3n) is 2.81. The summed E-state index contributed by atoms with van der Waals surface area (Å²) < 4.78 is 5.33. The molecule has 0 bridgehead atoms. The first kappa shape index (κ1) is 13.5. The molecular weight excluding hydrogens is 362 g/mol. The van der Waals surface area contributed by atoms with Gasteiger partial charge in [0.25, 0.3) is 5.56 Å². The summed E-state index contributed by atoms with van der Waals surface area (Å²) >= 11 is 6.92. The Morgan fingerprint density at radius 1 is 1.33 bits per heavy atom. The molecule has 0 atom stereocenters. The van der Waals surface area contributed by atoms with E-state index < -0.39 is 0 Å². The Labute approximate surface area is 122 Å². The molecule has 0 aliphatic heterocycles. The summed E-state index contributed by atoms with van der Waals surface area (Å²) in [6.07, 6.45) is 1.80. The molecule has 18 heavy (non-hydrogen) atoms. The van der Waals surface area contributed by atoms with E-state index in [0.29, 0.717) is 6.54 Å². The van der Waals surface area contributed by atoms with E-state index in [4.69, 9.17) is 0 Å². The first-order chi connectivity index (χ1) is 8.40. The second-order valence-electron chi connectivity index (χ2n) is 4.24. The van der Waals surface area contributed by atoms with E-state index in [9.17, 15) is 4.79 Å². The normalized spacial score (nSPS) is 10.9. The first-order valence-electron chi connectivity index (χ1n) is 5.44. The molecule has 0 spiro atoms. The number of nitrogens with zero attached hydrogens (tertiary/aromatic N) is 3. The van der Waals surface area contributed by atoms with E-state index in [0.717, 1.165) is 25.9 Å². The van der Waals surface area contributed by atoms with Crippen LogP contribution in [0.4, 0.5) is 0 Å². The van der Waals surface area contributed by atoms with Crippen LogP contribution in [0.15, 0.2) is 26.0 Å². The highest BCUT2D eigenvalue weighted by Gasteiger charge is 2.12. The molecule has 96 valence electrons. The van der Waals surface area contributed by atoms with Crippen molar-refractivity contribution < 1.29 is 0 Å². The Bertz CT molecular complexity index is 658. The fourth-order valence-corrected chi connectivity index (χ4v) is 2.92. The molecule has 2 heterocycles. The van der Waals surface area contributed by atoms with Gasteiger partial charge in [-0.1, -0.05) is 0 Å². The van der Waals surface area contributed by atoms with Crippen LogP contribution in [0.5, 0.6) is 0 Å². The molecule has 6 heteroatoms. The second kappa shape index (κ2) is 5.01. The number of pyridine rings is 1. The molecule has 2 aromatic rings. The largest absolute Gasteiger partial charge is 0.308 e. The highest BCUT2D eigenvalue weighted by atomic mass is 79.9. The van der Waals surface area contributed by atoms with Crippen LogP contribution in [-0.2, 0) is 13.6 Å². The van der Waals surface area contributed by atoms with Gasteiger partial charge in [-0.15, -0.1) is 0 Å². The molecule has 2 aromatic heterocycles. The van der Waals surface area contributed by atoms with E-state index in [1.165, 1.54) is 0 Å². The van der Waals surface area contributed by atoms with E-state index in [1.807, 2.05) is 27.0 Å². The Balaban J connectivity index is 2.49. The Morgan fingerprint density at radius 3 is 2.56 bits per heavy atom. The van der Waals surface area contributed by atoms with Gasteiger partial charge < -0.3 is 4.57 Å². The summed E-state index contributed by atoms with van der Waals surface area (Å²) in [5.41, 5.74) is 2.64. The number of rotatable bonds is 2. The van der Waals surface area contributed by atoms with Gasteiger partial charge in [-0.05, 0) is 51.8 Å². The number of hydrogen-bond acceptors (Lipinski definition) is 2. The van der Waals surface area contributed by atoms with Gasteiger partial charge in [-0.25, -0.2) is 0 Å². The maximum Gasteiger partial charge on any atom is 0.253 e. The van der Waals surface area contributed by atoms with E-state index in [2.05, 4.69) is 37.0 Å². The predicted molar refractivity (Wildman–Crippen MR) is 77.9 cm³/mol. The summed E-state index contributed by atoms with van der Waals surface area (Å²) in [5, 5.41) is 4.32. The van der Waals surface area contributed by atoms with Crippen LogP contribution < -0.4 is 5.56 Å². The molecule has 0 aliphatic carbocycles. The number of hydrogen-bond donors (Lipinski definition) is 0. The second-order valence-corrected chi connectivity index (χ2v) is 5.95. The first-order valence-corrected chi connectivity index (χ1v) is 7.03. The predicted octanol–water partition coefficient (Wildman–Crippen LogP) is 2.77. The highest BCUT2D eigenvalue weighted by molar-refractivity contribution is 9.10. The van der Waals surface area contributed by atoms with Crippen molar-refractivity contribution in [3.63, 3.8) is 0 Å². The molecule has 0 aromatic carbocycles. The summed E-state index contributed by atoms with van der Waals surface area (Å²) in [6.45, 7) is 4.24. The summed E-state index contributed by atoms with van der Waals surface area (Å²) in [6, 6.07) is 1.82. The van der Waals surface area contributed by atoms with E-state index in [-0.39, 0.29) is 5.56 Å². The van der Waals surface area contributed by atoms with Crippen molar-refractivity contribution in [2.75, 3.05) is 0 Å². The van der Waals surface area contributed by atoms with Gasteiger partial charge in [0.15, 0.2) is 0 Å². The molecule has 0 fully saturated rings. The molecule has 4 nitrogen and oxygen atoms in total. The standard InChI is InChI=1S/C12H13Br2N3O/c1-7-4-9(13)5-17(12(7)18)6-10-11(14)8(2)15-16(10)3/h4-5H,6H2,1-3H3. The van der Waals surface area contributed by atoms with Crippen molar-refractivity contribution in [3.05, 3.63) is 48.5 Å². The zero-order chi connectivity index (χ0) is 13.4. The fraction of sp³-hybridized carbons (Fsp3) is 0.333. The third-order valence-corrected chi connectivity index (χ3v) is 4.28. The zero-order valence-corrected chi connectivity index (χ0v) is 13.5. The molecule has 0 aliphatic rings. The van der Waals surface area contributed by atoms with Crippen LogP contribution >= 0.6 is 31.9 Å². The number of halogens is 2. The minimum absolute atomic E-state index is 0.0175. The van der Waals surface area contributed by atoms with Crippen molar-refractivity contribution >= 4 is 31.9 Å². The summed E-state index contributed by atoms with van der Waals surface area (Å²) in [4.78, 5) is 12.1. The quantitative estimate of drug-likeness (QED) is 0.810. The average Bonchev–Trinajstić information content (AvgIpc) is 2.52. The third kappa shape index (κ3) is 2.44. The Hall–Kier alpha value is -0.880. The number of aryl methyl sites for hydroxylation is 3. The van der Waals surface area contributed by atoms with Gasteiger partial charge in [-0.2, -0.15) is 5.10 Å². The van der Waals surface area contributed by atoms with Gasteiger partial charge >= 0.3 is 0 Å². The van der Waals surface area contributed by atoms with Crippen LogP contribution in [0.1, 0.15) is 17.0 Å². The van der Waals surface area contributed by atoms with Crippen LogP contribution in [-0.4, -0.2) is 14.3 Å². The fourth-order valence-electron chi connectivity index (χ4n) is 1.87. The maximum absolute atomic E-state index is 12.1.